The van der Waals surface area contributed by atoms with Crippen LogP contribution in [0.1, 0.15) is 30.4 Å². The second kappa shape index (κ2) is 4.68. The summed E-state index contributed by atoms with van der Waals surface area (Å²) in [5.41, 5.74) is -0.938. The third-order valence-electron chi connectivity index (χ3n) is 3.46. The Morgan fingerprint density at radius 2 is 1.84 bits per heavy atom. The van der Waals surface area contributed by atoms with E-state index in [2.05, 4.69) is 0 Å². The molecule has 1 aromatic carbocycles. The van der Waals surface area contributed by atoms with Crippen LogP contribution in [0.25, 0.3) is 0 Å². The molecule has 0 aromatic heterocycles. The second-order valence-corrected chi connectivity index (χ2v) is 4.48. The van der Waals surface area contributed by atoms with E-state index in [0.717, 1.165) is 6.07 Å². The number of carboxylic acids is 1. The number of benzene rings is 1. The van der Waals surface area contributed by atoms with E-state index in [0.29, 0.717) is 18.4 Å². The van der Waals surface area contributed by atoms with Crippen molar-refractivity contribution in [3.05, 3.63) is 23.3 Å². The smallest absolute Gasteiger partial charge is 0.314 e. The van der Waals surface area contributed by atoms with Gasteiger partial charge in [0.2, 0.25) is 0 Å². The zero-order valence-electron chi connectivity index (χ0n) is 10.6. The third-order valence-corrected chi connectivity index (χ3v) is 3.46. The minimum Gasteiger partial charge on any atom is -0.496 e. The molecule has 6 heteroatoms. The highest BCUT2D eigenvalue weighted by atomic mass is 19.3. The molecular weight excluding hydrogens is 258 g/mol. The Bertz CT molecular complexity index is 510. The van der Waals surface area contributed by atoms with Gasteiger partial charge in [-0.3, -0.25) is 4.79 Å². The Kier molecular flexibility index (Phi) is 3.34. The van der Waals surface area contributed by atoms with Crippen LogP contribution >= 0.6 is 0 Å². The van der Waals surface area contributed by atoms with Gasteiger partial charge in [0.05, 0.1) is 25.2 Å². The quantitative estimate of drug-likeness (QED) is 0.895. The largest absolute Gasteiger partial charge is 0.496 e. The SMILES string of the molecule is COc1cc(C2(C(=O)O)CC2)c(OC)cc1C(F)F. The van der Waals surface area contributed by atoms with Gasteiger partial charge in [0.1, 0.15) is 11.5 Å². The lowest BCUT2D eigenvalue weighted by molar-refractivity contribution is -0.140. The minimum absolute atomic E-state index is 0.0154. The monoisotopic (exact) mass is 272 g/mol. The van der Waals surface area contributed by atoms with Gasteiger partial charge in [-0.15, -0.1) is 0 Å². The van der Waals surface area contributed by atoms with Gasteiger partial charge >= 0.3 is 5.97 Å². The van der Waals surface area contributed by atoms with Crippen molar-refractivity contribution in [1.29, 1.82) is 0 Å². The molecule has 4 nitrogen and oxygen atoms in total. The highest BCUT2D eigenvalue weighted by Crippen LogP contribution is 2.53. The number of carbonyl (C=O) groups is 1. The van der Waals surface area contributed by atoms with Crippen molar-refractivity contribution >= 4 is 5.97 Å². The molecule has 0 spiro atoms. The Hall–Kier alpha value is -1.85. The van der Waals surface area contributed by atoms with E-state index in [9.17, 15) is 18.7 Å². The first-order valence-corrected chi connectivity index (χ1v) is 5.74. The van der Waals surface area contributed by atoms with Crippen LogP contribution in [0.2, 0.25) is 0 Å². The highest BCUT2D eigenvalue weighted by molar-refractivity contribution is 5.86. The summed E-state index contributed by atoms with van der Waals surface area (Å²) < 4.78 is 35.7. The van der Waals surface area contributed by atoms with Crippen LogP contribution in [0.15, 0.2) is 12.1 Å². The molecule has 1 N–H and O–H groups in total. The van der Waals surface area contributed by atoms with Gasteiger partial charge in [-0.2, -0.15) is 0 Å². The van der Waals surface area contributed by atoms with E-state index >= 15 is 0 Å². The van der Waals surface area contributed by atoms with E-state index in [-0.39, 0.29) is 17.1 Å². The average molecular weight is 272 g/mol. The van der Waals surface area contributed by atoms with Gasteiger partial charge in [-0.1, -0.05) is 0 Å². The minimum atomic E-state index is -2.71. The van der Waals surface area contributed by atoms with E-state index < -0.39 is 17.8 Å². The molecule has 104 valence electrons. The molecule has 19 heavy (non-hydrogen) atoms. The number of halogens is 2. The number of methoxy groups -OCH3 is 2. The molecule has 1 fully saturated rings. The van der Waals surface area contributed by atoms with Crippen LogP contribution in [-0.2, 0) is 10.2 Å². The Labute approximate surface area is 108 Å². The molecule has 2 rings (SSSR count). The first-order chi connectivity index (χ1) is 8.96. The first-order valence-electron chi connectivity index (χ1n) is 5.74. The maximum atomic E-state index is 12.9. The Balaban J connectivity index is 2.59. The maximum Gasteiger partial charge on any atom is 0.314 e. The predicted octanol–water partition coefficient (Wildman–Crippen LogP) is 2.76. The molecule has 0 heterocycles. The summed E-state index contributed by atoms with van der Waals surface area (Å²) in [7, 11) is 2.61. The van der Waals surface area contributed by atoms with Gasteiger partial charge in [0.15, 0.2) is 0 Å². The number of aliphatic carboxylic acids is 1. The summed E-state index contributed by atoms with van der Waals surface area (Å²) in [6, 6.07) is 2.50. The molecule has 0 saturated heterocycles. The molecule has 1 aliphatic rings. The molecule has 0 aliphatic heterocycles. The van der Waals surface area contributed by atoms with Crippen LogP contribution in [0.3, 0.4) is 0 Å². The van der Waals surface area contributed by atoms with Crippen LogP contribution in [0, 0.1) is 0 Å². The van der Waals surface area contributed by atoms with Crippen molar-refractivity contribution < 1.29 is 28.2 Å². The van der Waals surface area contributed by atoms with Crippen molar-refractivity contribution in [2.75, 3.05) is 14.2 Å². The molecule has 0 unspecified atom stereocenters. The molecule has 1 aliphatic carbocycles. The molecule has 0 atom stereocenters. The van der Waals surface area contributed by atoms with Gasteiger partial charge in [0, 0.05) is 5.56 Å². The number of hydrogen-bond acceptors (Lipinski definition) is 3. The first kappa shape index (κ1) is 13.6. The maximum absolute atomic E-state index is 12.9. The van der Waals surface area contributed by atoms with Crippen LogP contribution in [0.5, 0.6) is 11.5 Å². The number of rotatable bonds is 5. The molecule has 1 aromatic rings. The lowest BCUT2D eigenvalue weighted by Crippen LogP contribution is -2.20. The summed E-state index contributed by atoms with van der Waals surface area (Å²) in [6.45, 7) is 0. The number of carboxylic acid groups (broad SMARTS) is 1. The van der Waals surface area contributed by atoms with E-state index in [1.807, 2.05) is 0 Å². The normalized spacial score (nSPS) is 16.3. The highest BCUT2D eigenvalue weighted by Gasteiger charge is 2.53. The molecule has 0 radical (unpaired) electrons. The van der Waals surface area contributed by atoms with Gasteiger partial charge in [0.25, 0.3) is 6.43 Å². The summed E-state index contributed by atoms with van der Waals surface area (Å²) in [5, 5.41) is 9.27. The average Bonchev–Trinajstić information content (AvgIpc) is 3.18. The fourth-order valence-corrected chi connectivity index (χ4v) is 2.19. The molecule has 1 saturated carbocycles. The van der Waals surface area contributed by atoms with Crippen molar-refractivity contribution in [2.45, 2.75) is 24.7 Å². The van der Waals surface area contributed by atoms with Crippen LogP contribution in [-0.4, -0.2) is 25.3 Å². The zero-order valence-corrected chi connectivity index (χ0v) is 10.6. The van der Waals surface area contributed by atoms with Gasteiger partial charge < -0.3 is 14.6 Å². The summed E-state index contributed by atoms with van der Waals surface area (Å²) in [5.74, 6) is -0.827. The zero-order chi connectivity index (χ0) is 14.2. The second-order valence-electron chi connectivity index (χ2n) is 4.48. The number of alkyl halides is 2. The number of ether oxygens (including phenoxy) is 2. The van der Waals surface area contributed by atoms with Crippen LogP contribution in [0.4, 0.5) is 8.78 Å². The lowest BCUT2D eigenvalue weighted by Gasteiger charge is -2.18. The summed E-state index contributed by atoms with van der Waals surface area (Å²) in [4.78, 5) is 11.3. The van der Waals surface area contributed by atoms with Crippen molar-refractivity contribution in [3.63, 3.8) is 0 Å². The summed E-state index contributed by atoms with van der Waals surface area (Å²) >= 11 is 0. The Morgan fingerprint density at radius 3 is 2.21 bits per heavy atom. The van der Waals surface area contributed by atoms with Gasteiger partial charge in [-0.25, -0.2) is 8.78 Å². The molecule has 0 amide bonds. The topological polar surface area (TPSA) is 55.8 Å². The van der Waals surface area contributed by atoms with Gasteiger partial charge in [-0.05, 0) is 25.0 Å². The fourth-order valence-electron chi connectivity index (χ4n) is 2.19. The van der Waals surface area contributed by atoms with Crippen molar-refractivity contribution in [2.24, 2.45) is 0 Å². The van der Waals surface area contributed by atoms with Crippen LogP contribution < -0.4 is 9.47 Å². The standard InChI is InChI=1S/C13H14F2O4/c1-18-9-6-8(13(3-4-13)12(16)17)10(19-2)5-7(9)11(14)15/h5-6,11H,3-4H2,1-2H3,(H,16,17). The number of hydrogen-bond donors (Lipinski definition) is 1. The molecule has 0 bridgehead atoms. The van der Waals surface area contributed by atoms with Crippen molar-refractivity contribution in [3.8, 4) is 11.5 Å². The van der Waals surface area contributed by atoms with Crippen molar-refractivity contribution in [1.82, 2.24) is 0 Å². The lowest BCUT2D eigenvalue weighted by atomic mass is 9.93. The van der Waals surface area contributed by atoms with E-state index in [1.165, 1.54) is 20.3 Å². The third kappa shape index (κ3) is 2.11. The van der Waals surface area contributed by atoms with E-state index in [1.54, 1.807) is 0 Å². The Morgan fingerprint density at radius 1 is 1.26 bits per heavy atom. The fraction of sp³-hybridized carbons (Fsp3) is 0.462. The molecular formula is C13H14F2O4. The summed E-state index contributed by atoms with van der Waals surface area (Å²) in [6.07, 6.45) is -1.77. The predicted molar refractivity (Wildman–Crippen MR) is 63.1 cm³/mol. The van der Waals surface area contributed by atoms with E-state index in [4.69, 9.17) is 9.47 Å².